The quantitative estimate of drug-likeness (QED) is 0.745. The molecule has 16 heavy (non-hydrogen) atoms. The van der Waals surface area contributed by atoms with Crippen molar-refractivity contribution < 1.29 is 13.2 Å². The van der Waals surface area contributed by atoms with Crippen molar-refractivity contribution in [1.82, 2.24) is 14.7 Å². The van der Waals surface area contributed by atoms with Gasteiger partial charge < -0.3 is 9.72 Å². The molecular formula is C8H14BrN3O3S. The molecule has 0 aromatic carbocycles. The number of nitrogens with one attached hydrogen (secondary N) is 2. The highest BCUT2D eigenvalue weighted by atomic mass is 79.9. The fourth-order valence-corrected chi connectivity index (χ4v) is 2.74. The average molecular weight is 312 g/mol. The predicted molar refractivity (Wildman–Crippen MR) is 63.1 cm³/mol. The Bertz CT molecular complexity index is 431. The van der Waals surface area contributed by atoms with E-state index in [9.17, 15) is 8.42 Å². The number of aromatic amines is 1. The fraction of sp³-hybridized carbons (Fsp3) is 0.625. The van der Waals surface area contributed by atoms with Crippen molar-refractivity contribution in [3.05, 3.63) is 12.0 Å². The molecule has 1 rings (SSSR count). The van der Waals surface area contributed by atoms with Crippen LogP contribution in [0.4, 0.5) is 0 Å². The third-order valence-corrected chi connectivity index (χ3v) is 3.73. The van der Waals surface area contributed by atoms with Crippen LogP contribution in [0.1, 0.15) is 5.82 Å². The maximum atomic E-state index is 11.7. The Morgan fingerprint density at radius 1 is 1.69 bits per heavy atom. The summed E-state index contributed by atoms with van der Waals surface area (Å²) in [5.74, 6) is 0.563. The summed E-state index contributed by atoms with van der Waals surface area (Å²) < 4.78 is 30.7. The van der Waals surface area contributed by atoms with Gasteiger partial charge in [-0.1, -0.05) is 15.9 Å². The molecule has 92 valence electrons. The molecule has 0 aliphatic carbocycles. The van der Waals surface area contributed by atoms with Crippen LogP contribution in [0.2, 0.25) is 0 Å². The van der Waals surface area contributed by atoms with E-state index in [1.807, 2.05) is 0 Å². The van der Waals surface area contributed by atoms with Crippen LogP contribution in [0.25, 0.3) is 0 Å². The van der Waals surface area contributed by atoms with Gasteiger partial charge in [-0.2, -0.15) is 0 Å². The van der Waals surface area contributed by atoms with Crippen LogP contribution in [-0.4, -0.2) is 43.5 Å². The van der Waals surface area contributed by atoms with Gasteiger partial charge in [0.05, 0.1) is 17.6 Å². The van der Waals surface area contributed by atoms with Gasteiger partial charge in [0.15, 0.2) is 5.03 Å². The van der Waals surface area contributed by atoms with Gasteiger partial charge in [0.1, 0.15) is 5.82 Å². The maximum absolute atomic E-state index is 11.7. The first-order chi connectivity index (χ1) is 7.45. The molecule has 0 saturated carbocycles. The number of hydrogen-bond acceptors (Lipinski definition) is 4. The summed E-state index contributed by atoms with van der Waals surface area (Å²) in [6.07, 6.45) is 1.29. The van der Waals surface area contributed by atoms with Crippen molar-refractivity contribution in [2.75, 3.05) is 20.3 Å². The Morgan fingerprint density at radius 3 is 2.88 bits per heavy atom. The summed E-state index contributed by atoms with van der Waals surface area (Å²) in [4.78, 5) is 6.44. The lowest BCUT2D eigenvalue weighted by Gasteiger charge is -2.09. The summed E-state index contributed by atoms with van der Waals surface area (Å²) in [7, 11) is -1.95. The van der Waals surface area contributed by atoms with Crippen molar-refractivity contribution in [3.8, 4) is 0 Å². The number of halogens is 1. The van der Waals surface area contributed by atoms with E-state index >= 15 is 0 Å². The minimum Gasteiger partial charge on any atom is -0.383 e. The van der Waals surface area contributed by atoms with Crippen LogP contribution in [0.5, 0.6) is 0 Å². The normalized spacial score (nSPS) is 13.9. The number of sulfonamides is 1. The molecule has 0 fully saturated rings. The first kappa shape index (κ1) is 13.6. The molecule has 0 radical (unpaired) electrons. The van der Waals surface area contributed by atoms with Crippen LogP contribution >= 0.6 is 15.9 Å². The van der Waals surface area contributed by atoms with Crippen LogP contribution in [-0.2, 0) is 14.8 Å². The highest BCUT2D eigenvalue weighted by molar-refractivity contribution is 9.09. The molecule has 1 atom stereocenters. The number of imidazole rings is 1. The van der Waals surface area contributed by atoms with E-state index in [4.69, 9.17) is 4.74 Å². The van der Waals surface area contributed by atoms with E-state index in [-0.39, 0.29) is 16.4 Å². The van der Waals surface area contributed by atoms with Crippen molar-refractivity contribution >= 4 is 26.0 Å². The number of rotatable bonds is 6. The van der Waals surface area contributed by atoms with Gasteiger partial charge in [-0.05, 0) is 6.92 Å². The average Bonchev–Trinajstić information content (AvgIpc) is 2.63. The number of H-pyrrole nitrogens is 1. The SMILES string of the molecule is COCC(Br)CNS(=O)(=O)c1cnc(C)[nH]1. The molecule has 0 aliphatic rings. The minimum absolute atomic E-state index is 0.0590. The number of aromatic nitrogens is 2. The monoisotopic (exact) mass is 311 g/mol. The standard InChI is InChI=1S/C8H14BrN3O3S/c1-6-10-4-8(12-6)16(13,14)11-3-7(9)5-15-2/h4,7,11H,3,5H2,1-2H3,(H,10,12). The first-order valence-electron chi connectivity index (χ1n) is 4.60. The van der Waals surface area contributed by atoms with Crippen molar-refractivity contribution in [3.63, 3.8) is 0 Å². The molecule has 6 nitrogen and oxygen atoms in total. The molecular weight excluding hydrogens is 298 g/mol. The summed E-state index contributed by atoms with van der Waals surface area (Å²) in [5, 5.41) is 0.0714. The number of ether oxygens (including phenoxy) is 1. The van der Waals surface area contributed by atoms with Crippen molar-refractivity contribution in [2.24, 2.45) is 0 Å². The van der Waals surface area contributed by atoms with Crippen LogP contribution in [0, 0.1) is 6.92 Å². The third-order valence-electron chi connectivity index (χ3n) is 1.81. The molecule has 0 amide bonds. The molecule has 1 aromatic rings. The minimum atomic E-state index is -3.51. The first-order valence-corrected chi connectivity index (χ1v) is 7.00. The number of aryl methyl sites for hydroxylation is 1. The molecule has 0 spiro atoms. The number of methoxy groups -OCH3 is 1. The van der Waals surface area contributed by atoms with Gasteiger partial charge in [0.2, 0.25) is 0 Å². The highest BCUT2D eigenvalue weighted by Gasteiger charge is 2.17. The number of hydrogen-bond donors (Lipinski definition) is 2. The number of nitrogens with zero attached hydrogens (tertiary/aromatic N) is 1. The van der Waals surface area contributed by atoms with E-state index in [0.29, 0.717) is 12.4 Å². The lowest BCUT2D eigenvalue weighted by Crippen LogP contribution is -2.31. The molecule has 0 aliphatic heterocycles. The Labute approximate surface area is 103 Å². The molecule has 1 aromatic heterocycles. The van der Waals surface area contributed by atoms with E-state index in [2.05, 4.69) is 30.6 Å². The lowest BCUT2D eigenvalue weighted by atomic mass is 10.5. The van der Waals surface area contributed by atoms with E-state index in [1.165, 1.54) is 6.20 Å². The summed E-state index contributed by atoms with van der Waals surface area (Å²) in [6, 6.07) is 0. The molecule has 2 N–H and O–H groups in total. The second-order valence-electron chi connectivity index (χ2n) is 3.24. The summed E-state index contributed by atoms with van der Waals surface area (Å²) >= 11 is 3.29. The van der Waals surface area contributed by atoms with Gasteiger partial charge in [-0.3, -0.25) is 0 Å². The molecule has 8 heteroatoms. The summed E-state index contributed by atoms with van der Waals surface area (Å²) in [6.45, 7) is 2.38. The van der Waals surface area contributed by atoms with Crippen molar-refractivity contribution in [2.45, 2.75) is 16.8 Å². The third kappa shape index (κ3) is 3.85. The Balaban J connectivity index is 2.59. The van der Waals surface area contributed by atoms with Crippen molar-refractivity contribution in [1.29, 1.82) is 0 Å². The molecule has 0 saturated heterocycles. The Morgan fingerprint density at radius 2 is 2.38 bits per heavy atom. The van der Waals surface area contributed by atoms with Gasteiger partial charge in [-0.15, -0.1) is 0 Å². The van der Waals surface area contributed by atoms with E-state index in [1.54, 1.807) is 14.0 Å². The zero-order chi connectivity index (χ0) is 12.2. The zero-order valence-electron chi connectivity index (χ0n) is 9.03. The Kier molecular flexibility index (Phi) is 4.90. The van der Waals surface area contributed by atoms with Gasteiger partial charge in [0, 0.05) is 13.7 Å². The second kappa shape index (κ2) is 5.76. The topological polar surface area (TPSA) is 84.1 Å². The van der Waals surface area contributed by atoms with E-state index in [0.717, 1.165) is 0 Å². The Hall–Kier alpha value is -0.440. The summed E-state index contributed by atoms with van der Waals surface area (Å²) in [5.41, 5.74) is 0. The zero-order valence-corrected chi connectivity index (χ0v) is 11.4. The molecule has 1 unspecified atom stereocenters. The molecule has 1 heterocycles. The number of alkyl halides is 1. The highest BCUT2D eigenvalue weighted by Crippen LogP contribution is 2.06. The lowest BCUT2D eigenvalue weighted by molar-refractivity contribution is 0.201. The largest absolute Gasteiger partial charge is 0.383 e. The fourth-order valence-electron chi connectivity index (χ4n) is 1.05. The van der Waals surface area contributed by atoms with E-state index < -0.39 is 10.0 Å². The van der Waals surface area contributed by atoms with Gasteiger partial charge in [-0.25, -0.2) is 18.1 Å². The molecule has 0 bridgehead atoms. The van der Waals surface area contributed by atoms with Crippen LogP contribution < -0.4 is 4.72 Å². The van der Waals surface area contributed by atoms with Gasteiger partial charge >= 0.3 is 0 Å². The maximum Gasteiger partial charge on any atom is 0.257 e. The second-order valence-corrected chi connectivity index (χ2v) is 6.27. The van der Waals surface area contributed by atoms with Gasteiger partial charge in [0.25, 0.3) is 10.0 Å². The van der Waals surface area contributed by atoms with Crippen LogP contribution in [0.3, 0.4) is 0 Å². The van der Waals surface area contributed by atoms with Crippen LogP contribution in [0.15, 0.2) is 11.2 Å². The predicted octanol–water partition coefficient (Wildman–Crippen LogP) is 0.406. The smallest absolute Gasteiger partial charge is 0.257 e.